The zero-order chi connectivity index (χ0) is 13.5. The van der Waals surface area contributed by atoms with Gasteiger partial charge >= 0.3 is 0 Å². The number of hydrogen-bond acceptors (Lipinski definition) is 5. The average Bonchev–Trinajstić information content (AvgIpc) is 2.94. The third-order valence-corrected chi connectivity index (χ3v) is 3.00. The second kappa shape index (κ2) is 7.28. The molecule has 19 heavy (non-hydrogen) atoms. The number of nitrogens with zero attached hydrogens (tertiary/aromatic N) is 1. The molecule has 5 nitrogen and oxygen atoms in total. The van der Waals surface area contributed by atoms with Crippen molar-refractivity contribution < 1.29 is 9.26 Å². The van der Waals surface area contributed by atoms with Crippen molar-refractivity contribution in [3.63, 3.8) is 0 Å². The van der Waals surface area contributed by atoms with Crippen LogP contribution in [0.25, 0.3) is 11.3 Å². The predicted octanol–water partition coefficient (Wildman–Crippen LogP) is 2.03. The second-order valence-electron chi connectivity index (χ2n) is 3.90. The molecule has 0 unspecified atom stereocenters. The summed E-state index contributed by atoms with van der Waals surface area (Å²) in [7, 11) is 0. The summed E-state index contributed by atoms with van der Waals surface area (Å²) in [6, 6.07) is 7.60. The number of hydrogen-bond donors (Lipinski definition) is 2. The van der Waals surface area contributed by atoms with Crippen LogP contribution in [0.5, 0.6) is 5.75 Å². The monoisotopic (exact) mass is 325 g/mol. The highest BCUT2D eigenvalue weighted by Gasteiger charge is 2.10. The molecule has 0 saturated heterocycles. The maximum absolute atomic E-state index is 5.75. The number of ether oxygens (including phenoxy) is 1. The van der Waals surface area contributed by atoms with Crippen molar-refractivity contribution in [2.75, 3.05) is 26.2 Å². The van der Waals surface area contributed by atoms with Gasteiger partial charge in [-0.3, -0.25) is 0 Å². The Morgan fingerprint density at radius 1 is 1.32 bits per heavy atom. The molecule has 0 aliphatic heterocycles. The van der Waals surface area contributed by atoms with Gasteiger partial charge in [0.15, 0.2) is 5.76 Å². The Kier molecular flexibility index (Phi) is 5.38. The number of rotatable bonds is 7. The molecule has 0 aliphatic carbocycles. The zero-order valence-corrected chi connectivity index (χ0v) is 12.0. The summed E-state index contributed by atoms with van der Waals surface area (Å²) >= 11 is 3.44. The minimum Gasteiger partial charge on any atom is -0.491 e. The van der Waals surface area contributed by atoms with Crippen molar-refractivity contribution in [2.24, 2.45) is 5.73 Å². The fourth-order valence-electron chi connectivity index (χ4n) is 1.64. The van der Waals surface area contributed by atoms with Gasteiger partial charge in [-0.2, -0.15) is 0 Å². The maximum atomic E-state index is 5.75. The van der Waals surface area contributed by atoms with Gasteiger partial charge in [-0.05, 0) is 18.2 Å². The molecule has 0 bridgehead atoms. The Balaban J connectivity index is 2.03. The highest BCUT2D eigenvalue weighted by molar-refractivity contribution is 9.10. The van der Waals surface area contributed by atoms with Crippen LogP contribution in [0.2, 0.25) is 0 Å². The first kappa shape index (κ1) is 14.0. The zero-order valence-electron chi connectivity index (χ0n) is 10.4. The van der Waals surface area contributed by atoms with Gasteiger partial charge in [0.05, 0.1) is 11.8 Å². The van der Waals surface area contributed by atoms with Crippen LogP contribution in [0.3, 0.4) is 0 Å². The van der Waals surface area contributed by atoms with Gasteiger partial charge in [0.2, 0.25) is 0 Å². The van der Waals surface area contributed by atoms with E-state index in [4.69, 9.17) is 15.0 Å². The molecule has 3 N–H and O–H groups in total. The minimum absolute atomic E-state index is 0.572. The lowest BCUT2D eigenvalue weighted by atomic mass is 10.1. The van der Waals surface area contributed by atoms with Crippen LogP contribution in [0, 0.1) is 0 Å². The lowest BCUT2D eigenvalue weighted by Crippen LogP contribution is -2.26. The predicted molar refractivity (Wildman–Crippen MR) is 77.1 cm³/mol. The number of benzene rings is 1. The van der Waals surface area contributed by atoms with Gasteiger partial charge in [0, 0.05) is 30.2 Å². The van der Waals surface area contributed by atoms with E-state index in [9.17, 15) is 0 Å². The molecule has 0 atom stereocenters. The third-order valence-electron chi connectivity index (χ3n) is 2.50. The van der Waals surface area contributed by atoms with Crippen LogP contribution in [0.4, 0.5) is 0 Å². The molecule has 0 fully saturated rings. The first-order valence-corrected chi connectivity index (χ1v) is 6.85. The fraction of sp³-hybridized carbons (Fsp3) is 0.308. The van der Waals surface area contributed by atoms with E-state index in [1.165, 1.54) is 0 Å². The topological polar surface area (TPSA) is 73.3 Å². The van der Waals surface area contributed by atoms with Crippen LogP contribution in [0.15, 0.2) is 39.5 Å². The Hall–Kier alpha value is -1.37. The molecule has 1 aromatic heterocycles. The summed E-state index contributed by atoms with van der Waals surface area (Å²) in [4.78, 5) is 0. The van der Waals surface area contributed by atoms with E-state index in [2.05, 4.69) is 26.4 Å². The largest absolute Gasteiger partial charge is 0.491 e. The van der Waals surface area contributed by atoms with E-state index < -0.39 is 0 Å². The van der Waals surface area contributed by atoms with Crippen molar-refractivity contribution >= 4 is 15.9 Å². The molecule has 1 heterocycles. The Morgan fingerprint density at radius 2 is 2.21 bits per heavy atom. The standard InChI is InChI=1S/C13H16BrN3O2/c14-10-1-2-12(18-8-7-16-6-4-15)11(9-10)13-3-5-17-19-13/h1-3,5,9,16H,4,6-8,15H2. The third kappa shape index (κ3) is 4.05. The molecule has 2 rings (SSSR count). The average molecular weight is 326 g/mol. The minimum atomic E-state index is 0.572. The van der Waals surface area contributed by atoms with Crippen LogP contribution in [0.1, 0.15) is 0 Å². The van der Waals surface area contributed by atoms with E-state index in [0.717, 1.165) is 28.9 Å². The van der Waals surface area contributed by atoms with Gasteiger partial charge in [0.25, 0.3) is 0 Å². The van der Waals surface area contributed by atoms with Crippen LogP contribution >= 0.6 is 15.9 Å². The molecule has 0 radical (unpaired) electrons. The highest BCUT2D eigenvalue weighted by Crippen LogP contribution is 2.32. The first-order chi connectivity index (χ1) is 9.31. The van der Waals surface area contributed by atoms with E-state index in [1.807, 2.05) is 18.2 Å². The van der Waals surface area contributed by atoms with E-state index >= 15 is 0 Å². The van der Waals surface area contributed by atoms with E-state index in [1.54, 1.807) is 12.3 Å². The van der Waals surface area contributed by atoms with Crippen molar-refractivity contribution in [1.82, 2.24) is 10.5 Å². The summed E-state index contributed by atoms with van der Waals surface area (Å²) in [6.07, 6.45) is 1.61. The van der Waals surface area contributed by atoms with Crippen LogP contribution in [-0.2, 0) is 0 Å². The van der Waals surface area contributed by atoms with Crippen molar-refractivity contribution in [2.45, 2.75) is 0 Å². The molecule has 1 aromatic carbocycles. The molecule has 0 aliphatic rings. The maximum Gasteiger partial charge on any atom is 0.170 e. The molecule has 0 amide bonds. The molecular weight excluding hydrogens is 310 g/mol. The van der Waals surface area contributed by atoms with Crippen LogP contribution in [-0.4, -0.2) is 31.4 Å². The molecule has 6 heteroatoms. The highest BCUT2D eigenvalue weighted by atomic mass is 79.9. The Morgan fingerprint density at radius 3 is 2.95 bits per heavy atom. The summed E-state index contributed by atoms with van der Waals surface area (Å²) in [5, 5.41) is 6.89. The summed E-state index contributed by atoms with van der Waals surface area (Å²) in [5.74, 6) is 1.46. The fourth-order valence-corrected chi connectivity index (χ4v) is 2.00. The molecule has 0 spiro atoms. The molecule has 102 valence electrons. The second-order valence-corrected chi connectivity index (χ2v) is 4.82. The van der Waals surface area contributed by atoms with Crippen LogP contribution < -0.4 is 15.8 Å². The quantitative estimate of drug-likeness (QED) is 0.762. The summed E-state index contributed by atoms with van der Waals surface area (Å²) in [6.45, 7) is 2.74. The number of halogens is 1. The SMILES string of the molecule is NCCNCCOc1ccc(Br)cc1-c1ccno1. The van der Waals surface area contributed by atoms with Gasteiger partial charge in [0.1, 0.15) is 12.4 Å². The Bertz CT molecular complexity index is 503. The summed E-state index contributed by atoms with van der Waals surface area (Å²) in [5.41, 5.74) is 6.28. The lowest BCUT2D eigenvalue weighted by Gasteiger charge is -2.10. The normalized spacial score (nSPS) is 10.6. The van der Waals surface area contributed by atoms with Crippen molar-refractivity contribution in [1.29, 1.82) is 0 Å². The number of nitrogens with two attached hydrogens (primary N) is 1. The molecule has 2 aromatic rings. The smallest absolute Gasteiger partial charge is 0.170 e. The van der Waals surface area contributed by atoms with Gasteiger partial charge in [-0.15, -0.1) is 0 Å². The Labute approximate surface area is 120 Å². The number of nitrogens with one attached hydrogen (secondary N) is 1. The van der Waals surface area contributed by atoms with Crippen molar-refractivity contribution in [3.05, 3.63) is 34.9 Å². The lowest BCUT2D eigenvalue weighted by molar-refractivity contribution is 0.314. The van der Waals surface area contributed by atoms with Crippen molar-refractivity contribution in [3.8, 4) is 17.1 Å². The summed E-state index contributed by atoms with van der Waals surface area (Å²) < 4.78 is 11.9. The first-order valence-electron chi connectivity index (χ1n) is 6.05. The van der Waals surface area contributed by atoms with E-state index in [-0.39, 0.29) is 0 Å². The number of aromatic nitrogens is 1. The molecule has 0 saturated carbocycles. The van der Waals surface area contributed by atoms with Gasteiger partial charge < -0.3 is 20.3 Å². The van der Waals surface area contributed by atoms with Gasteiger partial charge in [-0.25, -0.2) is 0 Å². The molecular formula is C13H16BrN3O2. The van der Waals surface area contributed by atoms with Gasteiger partial charge in [-0.1, -0.05) is 21.1 Å². The van der Waals surface area contributed by atoms with E-state index in [0.29, 0.717) is 18.9 Å².